The number of hydrogen-bond acceptors (Lipinski definition) is 8. The van der Waals surface area contributed by atoms with Crippen molar-refractivity contribution in [3.05, 3.63) is 36.2 Å². The lowest BCUT2D eigenvalue weighted by molar-refractivity contribution is 0.0745. The van der Waals surface area contributed by atoms with Gasteiger partial charge in [0.2, 0.25) is 0 Å². The summed E-state index contributed by atoms with van der Waals surface area (Å²) in [7, 11) is 3.16. The van der Waals surface area contributed by atoms with Crippen molar-refractivity contribution in [1.82, 2.24) is 14.9 Å². The molecule has 4 rings (SSSR count). The van der Waals surface area contributed by atoms with Crippen molar-refractivity contribution in [2.45, 2.75) is 0 Å². The van der Waals surface area contributed by atoms with Gasteiger partial charge in [0.1, 0.15) is 29.5 Å². The summed E-state index contributed by atoms with van der Waals surface area (Å²) in [6.45, 7) is 5.78. The molecule has 0 spiro atoms. The van der Waals surface area contributed by atoms with Crippen molar-refractivity contribution in [2.75, 3.05) is 76.5 Å². The van der Waals surface area contributed by atoms with Crippen molar-refractivity contribution in [2.24, 2.45) is 0 Å². The minimum atomic E-state index is -0.0245. The van der Waals surface area contributed by atoms with Crippen molar-refractivity contribution >= 4 is 17.5 Å². The highest BCUT2D eigenvalue weighted by molar-refractivity contribution is 5.95. The summed E-state index contributed by atoms with van der Waals surface area (Å²) < 4.78 is 16.0. The van der Waals surface area contributed by atoms with Gasteiger partial charge in [-0.1, -0.05) is 0 Å². The van der Waals surface area contributed by atoms with Crippen LogP contribution < -0.4 is 19.3 Å². The highest BCUT2D eigenvalue weighted by Gasteiger charge is 2.24. The van der Waals surface area contributed by atoms with Crippen molar-refractivity contribution in [1.29, 1.82) is 0 Å². The number of piperazine rings is 1. The fourth-order valence-electron chi connectivity index (χ4n) is 3.73. The topological polar surface area (TPSA) is 80.3 Å². The van der Waals surface area contributed by atoms with E-state index in [0.717, 1.165) is 37.9 Å². The highest BCUT2D eigenvalue weighted by Crippen LogP contribution is 2.25. The number of carbonyl (C=O) groups is 1. The number of ether oxygens (including phenoxy) is 3. The molecule has 3 heterocycles. The second kappa shape index (κ2) is 9.17. The van der Waals surface area contributed by atoms with E-state index in [2.05, 4.69) is 19.8 Å². The Morgan fingerprint density at radius 3 is 1.97 bits per heavy atom. The third kappa shape index (κ3) is 4.40. The van der Waals surface area contributed by atoms with Crippen LogP contribution in [0.1, 0.15) is 10.4 Å². The molecular weight excluding hydrogens is 386 g/mol. The molecule has 2 aromatic rings. The number of rotatable bonds is 5. The van der Waals surface area contributed by atoms with Gasteiger partial charge in [0.15, 0.2) is 0 Å². The Morgan fingerprint density at radius 1 is 0.833 bits per heavy atom. The van der Waals surface area contributed by atoms with Gasteiger partial charge < -0.3 is 28.9 Å². The van der Waals surface area contributed by atoms with Crippen LogP contribution in [0.4, 0.5) is 11.6 Å². The molecule has 2 saturated heterocycles. The van der Waals surface area contributed by atoms with Gasteiger partial charge in [-0.2, -0.15) is 0 Å². The first-order valence-corrected chi connectivity index (χ1v) is 10.1. The molecule has 1 aromatic carbocycles. The molecule has 0 N–H and O–H groups in total. The predicted molar refractivity (Wildman–Crippen MR) is 113 cm³/mol. The maximum Gasteiger partial charge on any atom is 0.254 e. The molecule has 1 aromatic heterocycles. The Balaban J connectivity index is 1.41. The number of carbonyl (C=O) groups excluding carboxylic acids is 1. The van der Waals surface area contributed by atoms with E-state index in [1.54, 1.807) is 38.7 Å². The molecule has 0 bridgehead atoms. The molecule has 0 saturated carbocycles. The zero-order valence-corrected chi connectivity index (χ0v) is 17.4. The lowest BCUT2D eigenvalue weighted by Gasteiger charge is -2.36. The number of methoxy groups -OCH3 is 2. The van der Waals surface area contributed by atoms with Crippen LogP contribution in [0.25, 0.3) is 0 Å². The molecule has 2 aliphatic heterocycles. The average Bonchev–Trinajstić information content (AvgIpc) is 2.84. The standard InChI is InChI=1S/C21H27N5O4/c1-28-17-11-16(12-18(13-17)29-2)21(27)26-5-3-24(4-6-26)19-14-20(23-15-22-19)25-7-9-30-10-8-25/h11-15H,3-10H2,1-2H3. The maximum absolute atomic E-state index is 13.0. The molecule has 9 heteroatoms. The first-order valence-electron chi connectivity index (χ1n) is 10.1. The predicted octanol–water partition coefficient (Wildman–Crippen LogP) is 1.29. The number of morpholine rings is 1. The fourth-order valence-corrected chi connectivity index (χ4v) is 3.73. The van der Waals surface area contributed by atoms with E-state index in [9.17, 15) is 4.79 Å². The summed E-state index contributed by atoms with van der Waals surface area (Å²) in [4.78, 5) is 28.1. The van der Waals surface area contributed by atoms with Gasteiger partial charge in [-0.3, -0.25) is 4.79 Å². The molecule has 30 heavy (non-hydrogen) atoms. The number of hydrogen-bond donors (Lipinski definition) is 0. The summed E-state index contributed by atoms with van der Waals surface area (Å²) in [5.41, 5.74) is 0.566. The largest absolute Gasteiger partial charge is 0.497 e. The van der Waals surface area contributed by atoms with Gasteiger partial charge >= 0.3 is 0 Å². The maximum atomic E-state index is 13.0. The molecule has 0 aliphatic carbocycles. The number of benzene rings is 1. The summed E-state index contributed by atoms with van der Waals surface area (Å²) in [6.07, 6.45) is 1.61. The SMILES string of the molecule is COc1cc(OC)cc(C(=O)N2CCN(c3cc(N4CCOCC4)ncn3)CC2)c1. The minimum absolute atomic E-state index is 0.0245. The second-order valence-corrected chi connectivity index (χ2v) is 7.21. The Labute approximate surface area is 176 Å². The van der Waals surface area contributed by atoms with Gasteiger partial charge in [0.05, 0.1) is 27.4 Å². The molecule has 1 amide bonds. The molecular formula is C21H27N5O4. The van der Waals surface area contributed by atoms with Crippen LogP contribution in [0.3, 0.4) is 0 Å². The fraction of sp³-hybridized carbons (Fsp3) is 0.476. The Bertz CT molecular complexity index is 857. The molecule has 2 fully saturated rings. The van der Waals surface area contributed by atoms with Crippen LogP contribution in [-0.4, -0.2) is 87.5 Å². The van der Waals surface area contributed by atoms with E-state index in [0.29, 0.717) is 43.2 Å². The zero-order valence-electron chi connectivity index (χ0n) is 17.4. The van der Waals surface area contributed by atoms with E-state index in [4.69, 9.17) is 14.2 Å². The van der Waals surface area contributed by atoms with Crippen LogP contribution >= 0.6 is 0 Å². The Kier molecular flexibility index (Phi) is 6.18. The average molecular weight is 413 g/mol. The molecule has 9 nitrogen and oxygen atoms in total. The third-order valence-electron chi connectivity index (χ3n) is 5.46. The summed E-state index contributed by atoms with van der Waals surface area (Å²) in [5.74, 6) is 3.00. The van der Waals surface area contributed by atoms with Crippen LogP contribution in [0.5, 0.6) is 11.5 Å². The van der Waals surface area contributed by atoms with Crippen LogP contribution in [0, 0.1) is 0 Å². The van der Waals surface area contributed by atoms with Crippen molar-refractivity contribution < 1.29 is 19.0 Å². The van der Waals surface area contributed by atoms with Gasteiger partial charge in [0.25, 0.3) is 5.91 Å². The van der Waals surface area contributed by atoms with Gasteiger partial charge in [-0.05, 0) is 12.1 Å². The molecule has 0 atom stereocenters. The van der Waals surface area contributed by atoms with Crippen LogP contribution in [0.2, 0.25) is 0 Å². The third-order valence-corrected chi connectivity index (χ3v) is 5.46. The zero-order chi connectivity index (χ0) is 20.9. The first kappa shape index (κ1) is 20.2. The smallest absolute Gasteiger partial charge is 0.254 e. The molecule has 0 unspecified atom stereocenters. The van der Waals surface area contributed by atoms with E-state index >= 15 is 0 Å². The van der Waals surface area contributed by atoms with E-state index in [1.807, 2.05) is 11.0 Å². The second-order valence-electron chi connectivity index (χ2n) is 7.21. The normalized spacial score (nSPS) is 17.1. The van der Waals surface area contributed by atoms with E-state index in [1.165, 1.54) is 0 Å². The monoisotopic (exact) mass is 413 g/mol. The number of amides is 1. The lowest BCUT2D eigenvalue weighted by Crippen LogP contribution is -2.49. The Hall–Kier alpha value is -3.07. The van der Waals surface area contributed by atoms with E-state index < -0.39 is 0 Å². The molecule has 160 valence electrons. The molecule has 2 aliphatic rings. The van der Waals surface area contributed by atoms with Gasteiger partial charge in [-0.25, -0.2) is 9.97 Å². The first-order chi connectivity index (χ1) is 14.7. The quantitative estimate of drug-likeness (QED) is 0.726. The minimum Gasteiger partial charge on any atom is -0.497 e. The summed E-state index contributed by atoms with van der Waals surface area (Å²) in [6, 6.07) is 7.28. The number of anilines is 2. The van der Waals surface area contributed by atoms with E-state index in [-0.39, 0.29) is 5.91 Å². The Morgan fingerprint density at radius 2 is 1.40 bits per heavy atom. The van der Waals surface area contributed by atoms with Crippen LogP contribution in [-0.2, 0) is 4.74 Å². The number of aromatic nitrogens is 2. The van der Waals surface area contributed by atoms with Crippen molar-refractivity contribution in [3.8, 4) is 11.5 Å². The van der Waals surface area contributed by atoms with Gasteiger partial charge in [-0.15, -0.1) is 0 Å². The molecule has 0 radical (unpaired) electrons. The summed E-state index contributed by atoms with van der Waals surface area (Å²) in [5, 5.41) is 0. The van der Waals surface area contributed by atoms with Crippen molar-refractivity contribution in [3.63, 3.8) is 0 Å². The highest BCUT2D eigenvalue weighted by atomic mass is 16.5. The summed E-state index contributed by atoms with van der Waals surface area (Å²) >= 11 is 0. The van der Waals surface area contributed by atoms with Crippen LogP contribution in [0.15, 0.2) is 30.6 Å². The van der Waals surface area contributed by atoms with Gasteiger partial charge in [0, 0.05) is 57.0 Å². The number of nitrogens with zero attached hydrogens (tertiary/aromatic N) is 5. The lowest BCUT2D eigenvalue weighted by atomic mass is 10.1.